The van der Waals surface area contributed by atoms with E-state index in [1.807, 2.05) is 30.3 Å². The van der Waals surface area contributed by atoms with Gasteiger partial charge in [-0.2, -0.15) is 4.98 Å². The maximum Gasteiger partial charge on any atom is 0.269 e. The molecule has 0 saturated carbocycles. The zero-order valence-electron chi connectivity index (χ0n) is 16.3. The first-order chi connectivity index (χ1) is 15.1. The summed E-state index contributed by atoms with van der Waals surface area (Å²) in [5.41, 5.74) is 3.51. The van der Waals surface area contributed by atoms with Crippen LogP contribution in [-0.2, 0) is 12.2 Å². The minimum absolute atomic E-state index is 0.0628. The highest BCUT2D eigenvalue weighted by atomic mass is 32.2. The Morgan fingerprint density at radius 1 is 1.06 bits per heavy atom. The number of thioether (sulfide) groups is 1. The minimum Gasteiger partial charge on any atom is -0.294 e. The number of rotatable bonds is 5. The number of hydrogen-bond donors (Lipinski definition) is 0. The SMILES string of the molecule is O=C1C[C@H](c2ccccc2)Cc2nc3nc(SCc4ccc([N+](=O)[O-])cc4)nn3cc21. The third-order valence-electron chi connectivity index (χ3n) is 5.35. The van der Waals surface area contributed by atoms with Crippen molar-refractivity contribution in [1.29, 1.82) is 0 Å². The fraction of sp³-hybridized carbons (Fsp3) is 0.182. The van der Waals surface area contributed by atoms with Gasteiger partial charge in [0.25, 0.3) is 11.5 Å². The van der Waals surface area contributed by atoms with Gasteiger partial charge in [0, 0.05) is 30.5 Å². The molecule has 0 bridgehead atoms. The molecule has 2 aromatic heterocycles. The topological polar surface area (TPSA) is 103 Å². The molecule has 2 aromatic carbocycles. The van der Waals surface area contributed by atoms with Gasteiger partial charge in [-0.1, -0.05) is 54.2 Å². The Hall–Kier alpha value is -3.59. The van der Waals surface area contributed by atoms with Crippen LogP contribution in [0.15, 0.2) is 66.0 Å². The Kier molecular flexibility index (Phi) is 4.95. The summed E-state index contributed by atoms with van der Waals surface area (Å²) in [6.07, 6.45) is 2.88. The summed E-state index contributed by atoms with van der Waals surface area (Å²) in [5, 5.41) is 15.8. The van der Waals surface area contributed by atoms with Gasteiger partial charge in [-0.05, 0) is 23.5 Å². The lowest BCUT2D eigenvalue weighted by Gasteiger charge is -2.22. The lowest BCUT2D eigenvalue weighted by atomic mass is 9.82. The van der Waals surface area contributed by atoms with E-state index in [0.29, 0.717) is 35.1 Å². The standard InChI is InChI=1S/C22H17N5O3S/c28-20-11-16(15-4-2-1-3-5-15)10-19-18(20)12-26-21(23-19)24-22(25-26)31-13-14-6-8-17(9-7-14)27(29)30/h1-9,12,16H,10-11,13H2/t16-/m1/s1. The molecule has 4 aromatic rings. The molecule has 8 nitrogen and oxygen atoms in total. The first-order valence-corrected chi connectivity index (χ1v) is 10.8. The van der Waals surface area contributed by atoms with E-state index in [2.05, 4.69) is 15.1 Å². The monoisotopic (exact) mass is 431 g/mol. The highest BCUT2D eigenvalue weighted by Crippen LogP contribution is 2.32. The summed E-state index contributed by atoms with van der Waals surface area (Å²) in [4.78, 5) is 32.2. The molecule has 2 heterocycles. The van der Waals surface area contributed by atoms with Crippen molar-refractivity contribution in [3.63, 3.8) is 0 Å². The Morgan fingerprint density at radius 3 is 2.58 bits per heavy atom. The Balaban J connectivity index is 1.36. The van der Waals surface area contributed by atoms with Crippen molar-refractivity contribution in [2.75, 3.05) is 0 Å². The maximum atomic E-state index is 12.8. The number of hydrogen-bond acceptors (Lipinski definition) is 7. The second-order valence-electron chi connectivity index (χ2n) is 7.39. The van der Waals surface area contributed by atoms with Crippen LogP contribution >= 0.6 is 11.8 Å². The van der Waals surface area contributed by atoms with Crippen LogP contribution < -0.4 is 0 Å². The number of nitro groups is 1. The van der Waals surface area contributed by atoms with Crippen molar-refractivity contribution in [3.8, 4) is 0 Å². The minimum atomic E-state index is -0.419. The zero-order valence-corrected chi connectivity index (χ0v) is 17.2. The van der Waals surface area contributed by atoms with Crippen LogP contribution in [-0.4, -0.2) is 30.3 Å². The Bertz CT molecular complexity index is 1290. The zero-order chi connectivity index (χ0) is 21.4. The molecule has 0 aliphatic heterocycles. The first kappa shape index (κ1) is 19.4. The average molecular weight is 431 g/mol. The normalized spacial score (nSPS) is 15.7. The van der Waals surface area contributed by atoms with Gasteiger partial charge in [0.1, 0.15) is 0 Å². The largest absolute Gasteiger partial charge is 0.294 e. The molecule has 1 aliphatic rings. The fourth-order valence-corrected chi connectivity index (χ4v) is 4.53. The molecule has 1 atom stereocenters. The van der Waals surface area contributed by atoms with E-state index in [4.69, 9.17) is 0 Å². The van der Waals surface area contributed by atoms with E-state index in [-0.39, 0.29) is 17.4 Å². The van der Waals surface area contributed by atoms with Crippen LogP contribution in [0.5, 0.6) is 0 Å². The van der Waals surface area contributed by atoms with Crippen molar-refractivity contribution in [2.45, 2.75) is 29.7 Å². The molecule has 0 unspecified atom stereocenters. The number of ketones is 1. The van der Waals surface area contributed by atoms with Crippen molar-refractivity contribution < 1.29 is 9.72 Å². The van der Waals surface area contributed by atoms with Crippen LogP contribution in [0.3, 0.4) is 0 Å². The lowest BCUT2D eigenvalue weighted by Crippen LogP contribution is -2.21. The number of aromatic nitrogens is 4. The van der Waals surface area contributed by atoms with E-state index in [9.17, 15) is 14.9 Å². The number of Topliss-reactive ketones (excluding diaryl/α,β-unsaturated/α-hetero) is 1. The number of benzene rings is 2. The highest BCUT2D eigenvalue weighted by Gasteiger charge is 2.28. The summed E-state index contributed by atoms with van der Waals surface area (Å²) in [7, 11) is 0. The predicted molar refractivity (Wildman–Crippen MR) is 115 cm³/mol. The van der Waals surface area contributed by atoms with Crippen LogP contribution in [0.1, 0.15) is 39.5 Å². The second kappa shape index (κ2) is 7.92. The third-order valence-corrected chi connectivity index (χ3v) is 6.26. The van der Waals surface area contributed by atoms with Crippen LogP contribution in [0.25, 0.3) is 5.78 Å². The molecular formula is C22H17N5O3S. The fourth-order valence-electron chi connectivity index (χ4n) is 3.75. The molecule has 154 valence electrons. The maximum absolute atomic E-state index is 12.8. The quantitative estimate of drug-likeness (QED) is 0.264. The van der Waals surface area contributed by atoms with Crippen molar-refractivity contribution in [1.82, 2.24) is 19.6 Å². The Morgan fingerprint density at radius 2 is 1.84 bits per heavy atom. The van der Waals surface area contributed by atoms with E-state index in [0.717, 1.165) is 16.8 Å². The molecule has 5 rings (SSSR count). The smallest absolute Gasteiger partial charge is 0.269 e. The molecule has 1 aliphatic carbocycles. The first-order valence-electron chi connectivity index (χ1n) is 9.77. The molecule has 9 heteroatoms. The highest BCUT2D eigenvalue weighted by molar-refractivity contribution is 7.98. The molecule has 0 fully saturated rings. The van der Waals surface area contributed by atoms with Crippen LogP contribution in [0, 0.1) is 10.1 Å². The summed E-state index contributed by atoms with van der Waals surface area (Å²) in [5.74, 6) is 1.23. The van der Waals surface area contributed by atoms with E-state index in [1.165, 1.54) is 23.9 Å². The van der Waals surface area contributed by atoms with E-state index in [1.54, 1.807) is 22.8 Å². The van der Waals surface area contributed by atoms with E-state index < -0.39 is 4.92 Å². The average Bonchev–Trinajstić information content (AvgIpc) is 3.19. The second-order valence-corrected chi connectivity index (χ2v) is 8.33. The molecule has 0 radical (unpaired) electrons. The van der Waals surface area contributed by atoms with Gasteiger partial charge in [0.15, 0.2) is 5.78 Å². The van der Waals surface area contributed by atoms with Crippen molar-refractivity contribution in [2.24, 2.45) is 0 Å². The van der Waals surface area contributed by atoms with Gasteiger partial charge in [-0.25, -0.2) is 9.50 Å². The van der Waals surface area contributed by atoms with Crippen molar-refractivity contribution >= 4 is 29.0 Å². The van der Waals surface area contributed by atoms with Crippen LogP contribution in [0.4, 0.5) is 5.69 Å². The number of carbonyl (C=O) groups excluding carboxylic acids is 1. The lowest BCUT2D eigenvalue weighted by molar-refractivity contribution is -0.384. The summed E-state index contributed by atoms with van der Waals surface area (Å²) < 4.78 is 1.55. The number of fused-ring (bicyclic) bond motifs is 2. The number of nitrogens with zero attached hydrogens (tertiary/aromatic N) is 5. The van der Waals surface area contributed by atoms with Gasteiger partial charge in [-0.3, -0.25) is 14.9 Å². The van der Waals surface area contributed by atoms with Crippen molar-refractivity contribution in [3.05, 3.63) is 93.3 Å². The Labute approximate surface area is 181 Å². The molecule has 0 saturated heterocycles. The van der Waals surface area contributed by atoms with Gasteiger partial charge in [0.05, 0.1) is 16.2 Å². The van der Waals surface area contributed by atoms with Gasteiger partial charge >= 0.3 is 0 Å². The number of nitro benzene ring substituents is 1. The summed E-state index contributed by atoms with van der Waals surface area (Å²) in [6.45, 7) is 0. The number of carbonyl (C=O) groups is 1. The molecular weight excluding hydrogens is 414 g/mol. The van der Waals surface area contributed by atoms with Gasteiger partial charge in [0.2, 0.25) is 5.16 Å². The summed E-state index contributed by atoms with van der Waals surface area (Å²) >= 11 is 1.42. The molecule has 0 amide bonds. The van der Waals surface area contributed by atoms with E-state index >= 15 is 0 Å². The number of non-ortho nitro benzene ring substituents is 1. The van der Waals surface area contributed by atoms with Gasteiger partial charge < -0.3 is 0 Å². The molecule has 0 N–H and O–H groups in total. The third kappa shape index (κ3) is 3.91. The summed E-state index contributed by atoms with van der Waals surface area (Å²) in [6, 6.07) is 16.4. The van der Waals surface area contributed by atoms with Gasteiger partial charge in [-0.15, -0.1) is 5.10 Å². The predicted octanol–water partition coefficient (Wildman–Crippen LogP) is 4.24. The van der Waals surface area contributed by atoms with Crippen LogP contribution in [0.2, 0.25) is 0 Å². The molecule has 31 heavy (non-hydrogen) atoms. The molecule has 0 spiro atoms.